The monoisotopic (exact) mass is 441 g/mol. The van der Waals surface area contributed by atoms with Gasteiger partial charge in [-0.15, -0.1) is 24.8 Å². The summed E-state index contributed by atoms with van der Waals surface area (Å²) in [6.45, 7) is 4.61. The van der Waals surface area contributed by atoms with E-state index in [1.807, 2.05) is 26.0 Å². The number of hydrogen-bond acceptors (Lipinski definition) is 4. The second kappa shape index (κ2) is 13.0. The molecule has 1 aromatic heterocycles. The van der Waals surface area contributed by atoms with Crippen LogP contribution in [0.2, 0.25) is 0 Å². The summed E-state index contributed by atoms with van der Waals surface area (Å²) in [6.07, 6.45) is 4.69. The molecule has 0 aliphatic rings. The molecule has 5 N–H and O–H groups in total. The van der Waals surface area contributed by atoms with E-state index in [1.165, 1.54) is 0 Å². The molecule has 0 atom stereocenters. The predicted octanol–water partition coefficient (Wildman–Crippen LogP) is 3.95. The molecule has 0 unspecified atom stereocenters. The third-order valence-electron chi connectivity index (χ3n) is 4.81. The van der Waals surface area contributed by atoms with E-state index in [4.69, 9.17) is 5.73 Å². The first-order valence-corrected chi connectivity index (χ1v) is 9.08. The Morgan fingerprint density at radius 3 is 2.14 bits per heavy atom. The number of nitrogens with two attached hydrogens (primary N) is 1. The van der Waals surface area contributed by atoms with Crippen molar-refractivity contribution in [2.75, 3.05) is 17.2 Å². The van der Waals surface area contributed by atoms with Crippen LogP contribution in [0.3, 0.4) is 0 Å². The van der Waals surface area contributed by atoms with Gasteiger partial charge in [-0.2, -0.15) is 0 Å². The molecule has 0 radical (unpaired) electrons. The number of halogens is 2. The zero-order chi connectivity index (χ0) is 19.7. The fourth-order valence-electron chi connectivity index (χ4n) is 2.75. The fourth-order valence-corrected chi connectivity index (χ4v) is 2.75. The molecule has 0 spiro atoms. The Labute approximate surface area is 184 Å². The van der Waals surface area contributed by atoms with Crippen molar-refractivity contribution in [3.05, 3.63) is 54.4 Å². The van der Waals surface area contributed by atoms with Crippen LogP contribution in [0.1, 0.15) is 32.3 Å². The number of carbonyl (C=O) groups excluding carboxylic acids is 2. The van der Waals surface area contributed by atoms with Gasteiger partial charge in [-0.3, -0.25) is 9.78 Å². The van der Waals surface area contributed by atoms with Crippen molar-refractivity contribution in [3.63, 3.8) is 0 Å². The molecule has 0 bridgehead atoms. The van der Waals surface area contributed by atoms with Crippen LogP contribution in [0.25, 0.3) is 0 Å². The molecule has 29 heavy (non-hydrogen) atoms. The summed E-state index contributed by atoms with van der Waals surface area (Å²) in [5, 5.41) is 8.45. The first kappa shape index (κ1) is 26.6. The number of benzene rings is 1. The molecule has 1 aromatic carbocycles. The lowest BCUT2D eigenvalue weighted by molar-refractivity contribution is -0.125. The maximum Gasteiger partial charge on any atom is 0.319 e. The average molecular weight is 442 g/mol. The van der Waals surface area contributed by atoms with Gasteiger partial charge in [0, 0.05) is 36.9 Å². The first-order chi connectivity index (χ1) is 13.0. The SMILES string of the molecule is CCC(CC)(CN)C(=O)Nc1cccc(NC(=O)NCc2ccncc2)c1.Cl.Cl. The van der Waals surface area contributed by atoms with Crippen LogP contribution in [0.15, 0.2) is 48.8 Å². The van der Waals surface area contributed by atoms with Gasteiger partial charge in [-0.05, 0) is 48.7 Å². The van der Waals surface area contributed by atoms with Gasteiger partial charge in [-0.25, -0.2) is 4.79 Å². The molecule has 3 amide bonds. The summed E-state index contributed by atoms with van der Waals surface area (Å²) in [4.78, 5) is 28.6. The largest absolute Gasteiger partial charge is 0.334 e. The summed E-state index contributed by atoms with van der Waals surface area (Å²) in [5.74, 6) is -0.103. The van der Waals surface area contributed by atoms with Crippen molar-refractivity contribution in [2.24, 2.45) is 11.1 Å². The van der Waals surface area contributed by atoms with E-state index < -0.39 is 5.41 Å². The van der Waals surface area contributed by atoms with Crippen molar-refractivity contribution >= 4 is 48.1 Å². The lowest BCUT2D eigenvalue weighted by Crippen LogP contribution is -2.41. The Bertz CT molecular complexity index is 762. The second-order valence-electron chi connectivity index (χ2n) is 6.39. The summed E-state index contributed by atoms with van der Waals surface area (Å²) >= 11 is 0. The van der Waals surface area contributed by atoms with E-state index in [1.54, 1.807) is 36.7 Å². The van der Waals surface area contributed by atoms with Crippen molar-refractivity contribution in [2.45, 2.75) is 33.2 Å². The third-order valence-corrected chi connectivity index (χ3v) is 4.81. The standard InChI is InChI=1S/C20H27N5O2.2ClH/c1-3-20(4-2,14-21)18(26)24-16-6-5-7-17(12-16)25-19(27)23-13-15-8-10-22-11-9-15;;/h5-12H,3-4,13-14,21H2,1-2H3,(H,24,26)(H2,23,25,27);2*1H. The van der Waals surface area contributed by atoms with Gasteiger partial charge in [0.15, 0.2) is 0 Å². The summed E-state index contributed by atoms with van der Waals surface area (Å²) in [6, 6.07) is 10.4. The number of aromatic nitrogens is 1. The van der Waals surface area contributed by atoms with Gasteiger partial charge in [-0.1, -0.05) is 19.9 Å². The summed E-state index contributed by atoms with van der Waals surface area (Å²) in [7, 11) is 0. The van der Waals surface area contributed by atoms with Crippen LogP contribution in [-0.4, -0.2) is 23.5 Å². The van der Waals surface area contributed by atoms with Crippen molar-refractivity contribution in [1.29, 1.82) is 0 Å². The highest BCUT2D eigenvalue weighted by Gasteiger charge is 2.33. The minimum absolute atomic E-state index is 0. The number of nitrogens with one attached hydrogen (secondary N) is 3. The normalized spacial score (nSPS) is 10.2. The highest BCUT2D eigenvalue weighted by Crippen LogP contribution is 2.27. The maximum absolute atomic E-state index is 12.6. The number of carbonyl (C=O) groups is 2. The van der Waals surface area contributed by atoms with Gasteiger partial charge in [0.05, 0.1) is 5.41 Å². The van der Waals surface area contributed by atoms with E-state index in [2.05, 4.69) is 20.9 Å². The van der Waals surface area contributed by atoms with Crippen LogP contribution < -0.4 is 21.7 Å². The van der Waals surface area contributed by atoms with E-state index in [0.717, 1.165) is 5.56 Å². The highest BCUT2D eigenvalue weighted by atomic mass is 35.5. The minimum atomic E-state index is -0.578. The number of urea groups is 1. The van der Waals surface area contributed by atoms with Crippen molar-refractivity contribution in [1.82, 2.24) is 10.3 Å². The van der Waals surface area contributed by atoms with Gasteiger partial charge < -0.3 is 21.7 Å². The van der Waals surface area contributed by atoms with Gasteiger partial charge in [0.1, 0.15) is 0 Å². The number of pyridine rings is 1. The number of hydrogen-bond donors (Lipinski definition) is 4. The lowest BCUT2D eigenvalue weighted by Gasteiger charge is -2.28. The second-order valence-corrected chi connectivity index (χ2v) is 6.39. The molecule has 0 aliphatic heterocycles. The smallest absolute Gasteiger partial charge is 0.319 e. The van der Waals surface area contributed by atoms with Crippen LogP contribution in [0, 0.1) is 5.41 Å². The molecule has 0 saturated heterocycles. The van der Waals surface area contributed by atoms with E-state index in [-0.39, 0.29) is 36.8 Å². The molecule has 2 aromatic rings. The third kappa shape index (κ3) is 7.53. The molecule has 2 rings (SSSR count). The van der Waals surface area contributed by atoms with Crippen molar-refractivity contribution < 1.29 is 9.59 Å². The fraction of sp³-hybridized carbons (Fsp3) is 0.350. The Hall–Kier alpha value is -2.35. The molecular formula is C20H29Cl2N5O2. The van der Waals surface area contributed by atoms with Gasteiger partial charge in [0.25, 0.3) is 0 Å². The molecule has 9 heteroatoms. The van der Waals surface area contributed by atoms with Crippen LogP contribution in [0.4, 0.5) is 16.2 Å². The zero-order valence-electron chi connectivity index (χ0n) is 16.6. The topological polar surface area (TPSA) is 109 Å². The Balaban J connectivity index is 0.00000392. The highest BCUT2D eigenvalue weighted by molar-refractivity contribution is 5.96. The van der Waals surface area contributed by atoms with Crippen LogP contribution in [0.5, 0.6) is 0 Å². The van der Waals surface area contributed by atoms with E-state index in [9.17, 15) is 9.59 Å². The van der Waals surface area contributed by atoms with Gasteiger partial charge >= 0.3 is 6.03 Å². The quantitative estimate of drug-likeness (QED) is 0.496. The molecule has 1 heterocycles. The van der Waals surface area contributed by atoms with E-state index >= 15 is 0 Å². The summed E-state index contributed by atoms with van der Waals surface area (Å²) < 4.78 is 0. The van der Waals surface area contributed by atoms with Crippen molar-refractivity contribution in [3.8, 4) is 0 Å². The summed E-state index contributed by atoms with van der Waals surface area (Å²) in [5.41, 5.74) is 7.42. The predicted molar refractivity (Wildman–Crippen MR) is 122 cm³/mol. The molecule has 0 saturated carbocycles. The Morgan fingerprint density at radius 2 is 1.59 bits per heavy atom. The number of anilines is 2. The first-order valence-electron chi connectivity index (χ1n) is 9.08. The molecule has 7 nitrogen and oxygen atoms in total. The minimum Gasteiger partial charge on any atom is -0.334 e. The Kier molecular flexibility index (Phi) is 11.9. The number of amides is 3. The number of nitrogens with zero attached hydrogens (tertiary/aromatic N) is 1. The molecule has 0 aliphatic carbocycles. The molecule has 0 fully saturated rings. The molecular weight excluding hydrogens is 413 g/mol. The lowest BCUT2D eigenvalue weighted by atomic mass is 9.81. The molecule has 160 valence electrons. The van der Waals surface area contributed by atoms with Crippen LogP contribution >= 0.6 is 24.8 Å². The average Bonchev–Trinajstić information content (AvgIpc) is 2.69. The zero-order valence-corrected chi connectivity index (χ0v) is 18.2. The maximum atomic E-state index is 12.6. The van der Waals surface area contributed by atoms with Crippen LogP contribution in [-0.2, 0) is 11.3 Å². The number of rotatable bonds is 8. The van der Waals surface area contributed by atoms with Gasteiger partial charge in [0.2, 0.25) is 5.91 Å². The van der Waals surface area contributed by atoms with E-state index in [0.29, 0.717) is 37.3 Å². The Morgan fingerprint density at radius 1 is 1.00 bits per heavy atom.